The van der Waals surface area contributed by atoms with Gasteiger partial charge in [-0.05, 0) is 36.0 Å². The average molecular weight is 431 g/mol. The molecule has 0 heterocycles. The third-order valence-electron chi connectivity index (χ3n) is 2.93. The van der Waals surface area contributed by atoms with Crippen molar-refractivity contribution in [1.82, 2.24) is 0 Å². The highest BCUT2D eigenvalue weighted by Crippen LogP contribution is 2.34. The fourth-order valence-corrected chi connectivity index (χ4v) is 4.17. The van der Waals surface area contributed by atoms with Gasteiger partial charge in [-0.1, -0.05) is 67.2 Å². The summed E-state index contributed by atoms with van der Waals surface area (Å²) in [5, 5.41) is 1.77. The van der Waals surface area contributed by atoms with Crippen LogP contribution in [0, 0.1) is 11.2 Å². The van der Waals surface area contributed by atoms with Crippen LogP contribution in [0.15, 0.2) is 22.7 Å². The zero-order valence-corrected chi connectivity index (χ0v) is 14.5. The van der Waals surface area contributed by atoms with Crippen molar-refractivity contribution in [2.45, 2.75) is 26.2 Å². The van der Waals surface area contributed by atoms with E-state index in [-0.39, 0.29) is 11.2 Å². The van der Waals surface area contributed by atoms with Crippen molar-refractivity contribution in [2.24, 2.45) is 5.41 Å². The topological polar surface area (TPSA) is 0 Å². The highest BCUT2D eigenvalue weighted by atomic mass is 79.9. The lowest BCUT2D eigenvalue weighted by Crippen LogP contribution is -2.28. The molecule has 0 amide bonds. The molecule has 0 spiro atoms. The second-order valence-electron chi connectivity index (χ2n) is 4.43. The number of hydrogen-bond acceptors (Lipinski definition) is 0. The fraction of sp³-hybridized carbons (Fsp3) is 0.538. The van der Waals surface area contributed by atoms with Gasteiger partial charge >= 0.3 is 0 Å². The second-order valence-corrected chi connectivity index (χ2v) is 6.47. The van der Waals surface area contributed by atoms with Crippen molar-refractivity contribution in [3.8, 4) is 0 Å². The summed E-state index contributed by atoms with van der Waals surface area (Å²) >= 11 is 10.4. The molecular formula is C13H16Br3F. The van der Waals surface area contributed by atoms with Gasteiger partial charge in [0.15, 0.2) is 0 Å². The molecule has 1 aromatic carbocycles. The fourth-order valence-electron chi connectivity index (χ4n) is 1.95. The molecule has 96 valence electrons. The van der Waals surface area contributed by atoms with E-state index < -0.39 is 0 Å². The van der Waals surface area contributed by atoms with Crippen molar-refractivity contribution in [2.75, 3.05) is 10.7 Å². The molecule has 0 aliphatic rings. The first-order valence-corrected chi connectivity index (χ1v) is 8.66. The molecule has 0 unspecified atom stereocenters. The van der Waals surface area contributed by atoms with Crippen LogP contribution in [-0.2, 0) is 6.42 Å². The van der Waals surface area contributed by atoms with E-state index in [2.05, 4.69) is 54.7 Å². The molecule has 0 saturated heterocycles. The zero-order chi connectivity index (χ0) is 12.9. The van der Waals surface area contributed by atoms with Crippen molar-refractivity contribution in [3.63, 3.8) is 0 Å². The van der Waals surface area contributed by atoms with Crippen molar-refractivity contribution in [3.05, 3.63) is 34.1 Å². The maximum absolute atomic E-state index is 13.8. The van der Waals surface area contributed by atoms with Crippen LogP contribution in [0.25, 0.3) is 0 Å². The van der Waals surface area contributed by atoms with Crippen LogP contribution in [-0.4, -0.2) is 10.7 Å². The molecule has 0 bridgehead atoms. The number of benzene rings is 1. The smallest absolute Gasteiger partial charge is 0.127 e. The summed E-state index contributed by atoms with van der Waals surface area (Å²) in [7, 11) is 0. The molecule has 0 nitrogen and oxygen atoms in total. The highest BCUT2D eigenvalue weighted by molar-refractivity contribution is 9.10. The van der Waals surface area contributed by atoms with E-state index in [1.807, 2.05) is 12.1 Å². The summed E-state index contributed by atoms with van der Waals surface area (Å²) in [5.74, 6) is -0.123. The van der Waals surface area contributed by atoms with Crippen LogP contribution in [0.2, 0.25) is 0 Å². The van der Waals surface area contributed by atoms with Gasteiger partial charge in [0.1, 0.15) is 5.82 Å². The van der Waals surface area contributed by atoms with E-state index in [1.54, 1.807) is 0 Å². The highest BCUT2D eigenvalue weighted by Gasteiger charge is 2.28. The zero-order valence-electron chi connectivity index (χ0n) is 9.78. The van der Waals surface area contributed by atoms with E-state index >= 15 is 0 Å². The van der Waals surface area contributed by atoms with Gasteiger partial charge in [-0.2, -0.15) is 0 Å². The van der Waals surface area contributed by atoms with Crippen LogP contribution in [0.4, 0.5) is 4.39 Å². The lowest BCUT2D eigenvalue weighted by atomic mass is 9.81. The number of alkyl halides is 2. The molecule has 0 saturated carbocycles. The van der Waals surface area contributed by atoms with Gasteiger partial charge in [0.05, 0.1) is 0 Å². The molecule has 0 fully saturated rings. The van der Waals surface area contributed by atoms with E-state index in [4.69, 9.17) is 0 Å². The molecule has 1 aromatic rings. The summed E-state index contributed by atoms with van der Waals surface area (Å²) in [5.41, 5.74) is 0.893. The lowest BCUT2D eigenvalue weighted by molar-refractivity contribution is 0.346. The standard InChI is InChI=1S/C13H16Br3F/c1-2-5-13(8-14,9-15)7-10-3-4-11(16)6-12(10)17/h3-4,6H,2,5,7-9H2,1H3. The summed E-state index contributed by atoms with van der Waals surface area (Å²) in [6, 6.07) is 5.31. The van der Waals surface area contributed by atoms with E-state index in [0.717, 1.165) is 40.0 Å². The third kappa shape index (κ3) is 4.32. The van der Waals surface area contributed by atoms with Gasteiger partial charge in [-0.25, -0.2) is 4.39 Å². The lowest BCUT2D eigenvalue weighted by Gasteiger charge is -2.30. The molecular weight excluding hydrogens is 415 g/mol. The number of halogens is 4. The largest absolute Gasteiger partial charge is 0.207 e. The molecule has 0 aliphatic carbocycles. The Labute approximate surface area is 128 Å². The molecule has 0 atom stereocenters. The average Bonchev–Trinajstić information content (AvgIpc) is 2.32. The van der Waals surface area contributed by atoms with Crippen molar-refractivity contribution >= 4 is 47.8 Å². The van der Waals surface area contributed by atoms with Gasteiger partial charge in [0.25, 0.3) is 0 Å². The Kier molecular flexibility index (Phi) is 6.67. The van der Waals surface area contributed by atoms with Gasteiger partial charge in [0, 0.05) is 15.1 Å². The second kappa shape index (κ2) is 7.25. The predicted octanol–water partition coefficient (Wildman–Crippen LogP) is 5.71. The van der Waals surface area contributed by atoms with Crippen LogP contribution in [0.1, 0.15) is 25.3 Å². The summed E-state index contributed by atoms with van der Waals surface area (Å²) in [4.78, 5) is 0. The SMILES string of the molecule is CCCC(CBr)(CBr)Cc1ccc(Br)cc1F. The monoisotopic (exact) mass is 428 g/mol. The normalized spacial score (nSPS) is 11.8. The minimum absolute atomic E-state index is 0.101. The number of rotatable bonds is 6. The van der Waals surface area contributed by atoms with Gasteiger partial charge in [0.2, 0.25) is 0 Å². The predicted molar refractivity (Wildman–Crippen MR) is 82.7 cm³/mol. The van der Waals surface area contributed by atoms with E-state index in [9.17, 15) is 4.39 Å². The first-order valence-electron chi connectivity index (χ1n) is 5.63. The minimum atomic E-state index is -0.123. The van der Waals surface area contributed by atoms with Crippen LogP contribution in [0.3, 0.4) is 0 Å². The van der Waals surface area contributed by atoms with E-state index in [0.29, 0.717) is 0 Å². The Hall–Kier alpha value is 0.590. The first-order chi connectivity index (χ1) is 8.06. The molecule has 1 rings (SSSR count). The quantitative estimate of drug-likeness (QED) is 0.507. The third-order valence-corrected chi connectivity index (χ3v) is 5.80. The molecule has 4 heteroatoms. The number of hydrogen-bond donors (Lipinski definition) is 0. The maximum Gasteiger partial charge on any atom is 0.127 e. The van der Waals surface area contributed by atoms with Crippen LogP contribution in [0.5, 0.6) is 0 Å². The Morgan fingerprint density at radius 2 is 1.88 bits per heavy atom. The molecule has 17 heavy (non-hydrogen) atoms. The van der Waals surface area contributed by atoms with Crippen LogP contribution < -0.4 is 0 Å². The maximum atomic E-state index is 13.8. The van der Waals surface area contributed by atoms with Crippen LogP contribution >= 0.6 is 47.8 Å². The van der Waals surface area contributed by atoms with Gasteiger partial charge in [-0.3, -0.25) is 0 Å². The summed E-state index contributed by atoms with van der Waals surface area (Å²) < 4.78 is 14.6. The Morgan fingerprint density at radius 3 is 2.35 bits per heavy atom. The van der Waals surface area contributed by atoms with Crippen molar-refractivity contribution in [1.29, 1.82) is 0 Å². The molecule has 0 aliphatic heterocycles. The minimum Gasteiger partial charge on any atom is -0.207 e. The summed E-state index contributed by atoms with van der Waals surface area (Å²) in [6.45, 7) is 2.16. The Morgan fingerprint density at radius 1 is 1.24 bits per heavy atom. The van der Waals surface area contributed by atoms with Gasteiger partial charge in [-0.15, -0.1) is 0 Å². The Bertz CT molecular complexity index is 362. The van der Waals surface area contributed by atoms with Gasteiger partial charge < -0.3 is 0 Å². The summed E-state index contributed by atoms with van der Waals surface area (Å²) in [6.07, 6.45) is 2.95. The van der Waals surface area contributed by atoms with E-state index in [1.165, 1.54) is 6.07 Å². The molecule has 0 N–H and O–H groups in total. The van der Waals surface area contributed by atoms with Crippen molar-refractivity contribution < 1.29 is 4.39 Å². The Balaban J connectivity index is 2.92. The molecule has 0 aromatic heterocycles. The molecule has 0 radical (unpaired) electrons. The first kappa shape index (κ1) is 15.6.